The highest BCUT2D eigenvalue weighted by atomic mass is 19.1. The maximum atomic E-state index is 13.5. The number of rotatable bonds is 2. The number of primary amides is 1. The van der Waals surface area contributed by atoms with Crippen molar-refractivity contribution >= 4 is 5.91 Å². The normalized spacial score (nSPS) is 10.1. The molecule has 0 saturated carbocycles. The van der Waals surface area contributed by atoms with Crippen molar-refractivity contribution in [1.82, 2.24) is 4.98 Å². The standard InChI is InChI=1S/C12H9FN2O/c13-10-5-1-4-9(11(10)12(14)16)8-3-2-6-15-7-8/h1-7H,(H2,14,16). The molecule has 0 spiro atoms. The number of nitrogens with two attached hydrogens (primary N) is 1. The smallest absolute Gasteiger partial charge is 0.252 e. The monoisotopic (exact) mass is 216 g/mol. The minimum absolute atomic E-state index is 0.101. The van der Waals surface area contributed by atoms with Crippen LogP contribution in [-0.4, -0.2) is 10.9 Å². The molecule has 1 heterocycles. The third kappa shape index (κ3) is 1.77. The summed E-state index contributed by atoms with van der Waals surface area (Å²) >= 11 is 0. The summed E-state index contributed by atoms with van der Waals surface area (Å²) in [5, 5.41) is 0. The van der Waals surface area contributed by atoms with Crippen molar-refractivity contribution < 1.29 is 9.18 Å². The van der Waals surface area contributed by atoms with E-state index in [2.05, 4.69) is 4.98 Å². The van der Waals surface area contributed by atoms with Crippen LogP contribution in [-0.2, 0) is 0 Å². The van der Waals surface area contributed by atoms with Crippen LogP contribution >= 0.6 is 0 Å². The summed E-state index contributed by atoms with van der Waals surface area (Å²) in [6.45, 7) is 0. The number of nitrogens with zero attached hydrogens (tertiary/aromatic N) is 1. The average Bonchev–Trinajstić information content (AvgIpc) is 2.29. The lowest BCUT2D eigenvalue weighted by Crippen LogP contribution is -2.14. The summed E-state index contributed by atoms with van der Waals surface area (Å²) in [5.74, 6) is -1.40. The fraction of sp³-hybridized carbons (Fsp3) is 0. The van der Waals surface area contributed by atoms with Crippen molar-refractivity contribution in [2.75, 3.05) is 0 Å². The molecule has 1 amide bonds. The third-order valence-corrected chi connectivity index (χ3v) is 2.23. The van der Waals surface area contributed by atoms with E-state index in [4.69, 9.17) is 5.73 Å². The van der Waals surface area contributed by atoms with Gasteiger partial charge in [0.25, 0.3) is 5.91 Å². The molecule has 0 bridgehead atoms. The van der Waals surface area contributed by atoms with Crippen LogP contribution in [0.1, 0.15) is 10.4 Å². The van der Waals surface area contributed by atoms with Gasteiger partial charge in [0, 0.05) is 18.0 Å². The largest absolute Gasteiger partial charge is 0.365 e. The Hall–Kier alpha value is -2.23. The van der Waals surface area contributed by atoms with Gasteiger partial charge in [0.1, 0.15) is 5.82 Å². The molecule has 0 aliphatic carbocycles. The minimum Gasteiger partial charge on any atom is -0.365 e. The minimum atomic E-state index is -0.781. The molecule has 80 valence electrons. The first-order valence-corrected chi connectivity index (χ1v) is 4.69. The van der Waals surface area contributed by atoms with Gasteiger partial charge in [-0.1, -0.05) is 18.2 Å². The molecule has 0 atom stereocenters. The van der Waals surface area contributed by atoms with Gasteiger partial charge in [-0.05, 0) is 17.7 Å². The second kappa shape index (κ2) is 4.10. The number of carbonyl (C=O) groups excluding carboxylic acids is 1. The molecule has 0 unspecified atom stereocenters. The lowest BCUT2D eigenvalue weighted by molar-refractivity contribution is 0.0997. The highest BCUT2D eigenvalue weighted by molar-refractivity contribution is 6.00. The Labute approximate surface area is 91.7 Å². The number of aromatic nitrogens is 1. The summed E-state index contributed by atoms with van der Waals surface area (Å²) in [4.78, 5) is 15.1. The number of carbonyl (C=O) groups is 1. The topological polar surface area (TPSA) is 56.0 Å². The van der Waals surface area contributed by atoms with E-state index in [-0.39, 0.29) is 5.56 Å². The number of hydrogen-bond acceptors (Lipinski definition) is 2. The molecule has 3 nitrogen and oxygen atoms in total. The predicted molar refractivity (Wildman–Crippen MR) is 58.1 cm³/mol. The van der Waals surface area contributed by atoms with Gasteiger partial charge in [-0.15, -0.1) is 0 Å². The Morgan fingerprint density at radius 2 is 2.06 bits per heavy atom. The Bertz CT molecular complexity index is 526. The van der Waals surface area contributed by atoms with E-state index in [0.717, 1.165) is 0 Å². The van der Waals surface area contributed by atoms with Crippen LogP contribution in [0.25, 0.3) is 11.1 Å². The van der Waals surface area contributed by atoms with Crippen LogP contribution in [0.3, 0.4) is 0 Å². The van der Waals surface area contributed by atoms with E-state index in [1.807, 2.05) is 0 Å². The molecule has 2 rings (SSSR count). The summed E-state index contributed by atoms with van der Waals surface area (Å²) in [7, 11) is 0. The van der Waals surface area contributed by atoms with Gasteiger partial charge in [-0.3, -0.25) is 9.78 Å². The highest BCUT2D eigenvalue weighted by Crippen LogP contribution is 2.24. The number of hydrogen-bond donors (Lipinski definition) is 1. The van der Waals surface area contributed by atoms with Crippen LogP contribution in [0.5, 0.6) is 0 Å². The Kier molecular flexibility index (Phi) is 2.64. The quantitative estimate of drug-likeness (QED) is 0.834. The Morgan fingerprint density at radius 3 is 2.69 bits per heavy atom. The van der Waals surface area contributed by atoms with Gasteiger partial charge in [-0.2, -0.15) is 0 Å². The first-order chi connectivity index (χ1) is 7.70. The second-order valence-corrected chi connectivity index (χ2v) is 3.27. The lowest BCUT2D eigenvalue weighted by atomic mass is 10.0. The first-order valence-electron chi connectivity index (χ1n) is 4.69. The van der Waals surface area contributed by atoms with Crippen molar-refractivity contribution in [2.24, 2.45) is 5.73 Å². The Morgan fingerprint density at radius 1 is 1.25 bits per heavy atom. The van der Waals surface area contributed by atoms with Crippen LogP contribution < -0.4 is 5.73 Å². The molecule has 0 radical (unpaired) electrons. The van der Waals surface area contributed by atoms with E-state index in [1.54, 1.807) is 30.6 Å². The van der Waals surface area contributed by atoms with E-state index in [1.165, 1.54) is 12.1 Å². The maximum absolute atomic E-state index is 13.5. The van der Waals surface area contributed by atoms with E-state index < -0.39 is 11.7 Å². The summed E-state index contributed by atoms with van der Waals surface area (Å²) in [6.07, 6.45) is 3.16. The van der Waals surface area contributed by atoms with Gasteiger partial charge < -0.3 is 5.73 Å². The molecule has 2 N–H and O–H groups in total. The molecule has 0 fully saturated rings. The highest BCUT2D eigenvalue weighted by Gasteiger charge is 2.14. The zero-order valence-corrected chi connectivity index (χ0v) is 8.35. The number of halogens is 1. The molecule has 2 aromatic rings. The van der Waals surface area contributed by atoms with E-state index >= 15 is 0 Å². The zero-order valence-electron chi connectivity index (χ0n) is 8.35. The zero-order chi connectivity index (χ0) is 11.5. The third-order valence-electron chi connectivity index (χ3n) is 2.23. The molecule has 1 aromatic heterocycles. The summed E-state index contributed by atoms with van der Waals surface area (Å²) in [5.41, 5.74) is 6.17. The summed E-state index contributed by atoms with van der Waals surface area (Å²) < 4.78 is 13.5. The van der Waals surface area contributed by atoms with Crippen LogP contribution in [0.15, 0.2) is 42.7 Å². The average molecular weight is 216 g/mol. The lowest BCUT2D eigenvalue weighted by Gasteiger charge is -2.06. The number of pyridine rings is 1. The van der Waals surface area contributed by atoms with E-state index in [0.29, 0.717) is 11.1 Å². The van der Waals surface area contributed by atoms with Crippen molar-refractivity contribution in [2.45, 2.75) is 0 Å². The maximum Gasteiger partial charge on any atom is 0.252 e. The molecule has 4 heteroatoms. The van der Waals surface area contributed by atoms with Crippen molar-refractivity contribution in [3.05, 3.63) is 54.1 Å². The molecular formula is C12H9FN2O. The molecule has 0 saturated heterocycles. The van der Waals surface area contributed by atoms with Gasteiger partial charge in [0.15, 0.2) is 0 Å². The fourth-order valence-electron chi connectivity index (χ4n) is 1.54. The molecule has 0 aliphatic rings. The van der Waals surface area contributed by atoms with E-state index in [9.17, 15) is 9.18 Å². The number of benzene rings is 1. The first kappa shape index (κ1) is 10.3. The second-order valence-electron chi connectivity index (χ2n) is 3.27. The van der Waals surface area contributed by atoms with Gasteiger partial charge in [0.2, 0.25) is 0 Å². The van der Waals surface area contributed by atoms with Crippen LogP contribution in [0.4, 0.5) is 4.39 Å². The number of amides is 1. The Balaban J connectivity index is 2.66. The molecule has 16 heavy (non-hydrogen) atoms. The molecule has 1 aromatic carbocycles. The van der Waals surface area contributed by atoms with Crippen molar-refractivity contribution in [1.29, 1.82) is 0 Å². The summed E-state index contributed by atoms with van der Waals surface area (Å²) in [6, 6.07) is 7.84. The fourth-order valence-corrected chi connectivity index (χ4v) is 1.54. The SMILES string of the molecule is NC(=O)c1c(F)cccc1-c1cccnc1. The van der Waals surface area contributed by atoms with Gasteiger partial charge in [0.05, 0.1) is 5.56 Å². The molecular weight excluding hydrogens is 207 g/mol. The van der Waals surface area contributed by atoms with Gasteiger partial charge >= 0.3 is 0 Å². The van der Waals surface area contributed by atoms with Crippen LogP contribution in [0, 0.1) is 5.82 Å². The van der Waals surface area contributed by atoms with Crippen LogP contribution in [0.2, 0.25) is 0 Å². The molecule has 0 aliphatic heterocycles. The van der Waals surface area contributed by atoms with Crippen molar-refractivity contribution in [3.8, 4) is 11.1 Å². The van der Waals surface area contributed by atoms with Crippen molar-refractivity contribution in [3.63, 3.8) is 0 Å². The predicted octanol–water partition coefficient (Wildman–Crippen LogP) is 1.99. The van der Waals surface area contributed by atoms with Gasteiger partial charge in [-0.25, -0.2) is 4.39 Å².